The Balaban J connectivity index is 2.17. The summed E-state index contributed by atoms with van der Waals surface area (Å²) in [7, 11) is 1.60. The topological polar surface area (TPSA) is 43.4 Å². The van der Waals surface area contributed by atoms with Crippen LogP contribution in [-0.2, 0) is 6.54 Å². The monoisotopic (exact) mass is 290 g/mol. The number of nitrogens with zero attached hydrogens (tertiary/aromatic N) is 1. The number of halogens is 1. The van der Waals surface area contributed by atoms with Crippen molar-refractivity contribution >= 4 is 0 Å². The van der Waals surface area contributed by atoms with E-state index in [4.69, 9.17) is 9.47 Å². The number of ether oxygens (including phenoxy) is 2. The lowest BCUT2D eigenvalue weighted by atomic mass is 10.2. The molecule has 5 heteroatoms. The van der Waals surface area contributed by atoms with Crippen LogP contribution in [-0.4, -0.2) is 18.1 Å². The number of methoxy groups -OCH3 is 1. The average molecular weight is 290 g/mol. The van der Waals surface area contributed by atoms with Crippen molar-refractivity contribution in [2.24, 2.45) is 0 Å². The van der Waals surface area contributed by atoms with Crippen LogP contribution in [0.2, 0.25) is 0 Å². The van der Waals surface area contributed by atoms with Crippen LogP contribution in [0.5, 0.6) is 17.4 Å². The van der Waals surface area contributed by atoms with Gasteiger partial charge in [-0.15, -0.1) is 0 Å². The first-order valence-corrected chi connectivity index (χ1v) is 6.78. The Labute approximate surface area is 123 Å². The first kappa shape index (κ1) is 15.3. The molecule has 21 heavy (non-hydrogen) atoms. The van der Waals surface area contributed by atoms with E-state index in [1.54, 1.807) is 31.4 Å². The predicted molar refractivity (Wildman–Crippen MR) is 79.2 cm³/mol. The number of hydrogen-bond acceptors (Lipinski definition) is 4. The van der Waals surface area contributed by atoms with Crippen LogP contribution in [0.15, 0.2) is 36.5 Å². The van der Waals surface area contributed by atoms with Gasteiger partial charge in [0.15, 0.2) is 0 Å². The molecule has 0 aliphatic heterocycles. The molecule has 0 amide bonds. The molecule has 4 nitrogen and oxygen atoms in total. The van der Waals surface area contributed by atoms with Gasteiger partial charge in [0, 0.05) is 18.2 Å². The van der Waals surface area contributed by atoms with Gasteiger partial charge in [0.2, 0.25) is 5.88 Å². The SMILES string of the molecule is COc1ccc(Oc2ncc(F)cc2CNC(C)C)cc1. The molecule has 0 radical (unpaired) electrons. The summed E-state index contributed by atoms with van der Waals surface area (Å²) in [4.78, 5) is 4.03. The van der Waals surface area contributed by atoms with Crippen LogP contribution < -0.4 is 14.8 Å². The predicted octanol–water partition coefficient (Wildman–Crippen LogP) is 3.52. The molecule has 1 N–H and O–H groups in total. The van der Waals surface area contributed by atoms with Crippen molar-refractivity contribution in [3.8, 4) is 17.4 Å². The van der Waals surface area contributed by atoms with Gasteiger partial charge in [-0.25, -0.2) is 9.37 Å². The Morgan fingerprint density at radius 1 is 1.19 bits per heavy atom. The minimum absolute atomic E-state index is 0.294. The lowest BCUT2D eigenvalue weighted by Gasteiger charge is -2.13. The molecule has 0 bridgehead atoms. The third-order valence-corrected chi connectivity index (χ3v) is 2.87. The van der Waals surface area contributed by atoms with Crippen molar-refractivity contribution in [1.29, 1.82) is 0 Å². The number of aromatic nitrogens is 1. The van der Waals surface area contributed by atoms with E-state index in [2.05, 4.69) is 10.3 Å². The van der Waals surface area contributed by atoms with Crippen LogP contribution in [0.4, 0.5) is 4.39 Å². The van der Waals surface area contributed by atoms with Crippen molar-refractivity contribution in [2.75, 3.05) is 7.11 Å². The van der Waals surface area contributed by atoms with Gasteiger partial charge in [-0.05, 0) is 30.3 Å². The zero-order valence-electron chi connectivity index (χ0n) is 12.4. The van der Waals surface area contributed by atoms with Crippen molar-refractivity contribution < 1.29 is 13.9 Å². The molecule has 1 aromatic carbocycles. The molecule has 2 aromatic rings. The highest BCUT2D eigenvalue weighted by molar-refractivity contribution is 5.36. The molecule has 0 unspecified atom stereocenters. The fourth-order valence-electron chi connectivity index (χ4n) is 1.76. The van der Waals surface area contributed by atoms with E-state index in [0.717, 1.165) is 11.9 Å². The van der Waals surface area contributed by atoms with Crippen LogP contribution in [0, 0.1) is 5.82 Å². The van der Waals surface area contributed by atoms with Crippen LogP contribution in [0.3, 0.4) is 0 Å². The van der Waals surface area contributed by atoms with Crippen molar-refractivity contribution in [1.82, 2.24) is 10.3 Å². The molecule has 2 rings (SSSR count). The average Bonchev–Trinajstić information content (AvgIpc) is 2.48. The third kappa shape index (κ3) is 4.43. The number of benzene rings is 1. The van der Waals surface area contributed by atoms with Gasteiger partial charge < -0.3 is 14.8 Å². The Bertz CT molecular complexity index is 585. The van der Waals surface area contributed by atoms with Crippen molar-refractivity contribution in [2.45, 2.75) is 26.4 Å². The van der Waals surface area contributed by atoms with E-state index in [0.29, 0.717) is 29.8 Å². The zero-order chi connectivity index (χ0) is 15.2. The number of pyridine rings is 1. The Kier molecular flexibility index (Phi) is 5.11. The summed E-state index contributed by atoms with van der Waals surface area (Å²) in [6.45, 7) is 4.54. The van der Waals surface area contributed by atoms with Gasteiger partial charge in [0.25, 0.3) is 0 Å². The van der Waals surface area contributed by atoms with Crippen LogP contribution >= 0.6 is 0 Å². The fraction of sp³-hybridized carbons (Fsp3) is 0.312. The molecular weight excluding hydrogens is 271 g/mol. The molecule has 1 heterocycles. The molecule has 0 spiro atoms. The van der Waals surface area contributed by atoms with E-state index < -0.39 is 0 Å². The lowest BCUT2D eigenvalue weighted by Crippen LogP contribution is -2.22. The fourth-order valence-corrected chi connectivity index (χ4v) is 1.76. The second-order valence-electron chi connectivity index (χ2n) is 4.93. The summed E-state index contributed by atoms with van der Waals surface area (Å²) in [6, 6.07) is 8.88. The zero-order valence-corrected chi connectivity index (χ0v) is 12.4. The normalized spacial score (nSPS) is 10.7. The van der Waals surface area contributed by atoms with Crippen molar-refractivity contribution in [3.63, 3.8) is 0 Å². The van der Waals surface area contributed by atoms with Gasteiger partial charge in [0.05, 0.1) is 13.3 Å². The van der Waals surface area contributed by atoms with Gasteiger partial charge in [0.1, 0.15) is 17.3 Å². The Morgan fingerprint density at radius 3 is 2.48 bits per heavy atom. The number of nitrogens with one attached hydrogen (secondary N) is 1. The maximum absolute atomic E-state index is 13.3. The van der Waals surface area contributed by atoms with Crippen molar-refractivity contribution in [3.05, 3.63) is 47.9 Å². The highest BCUT2D eigenvalue weighted by atomic mass is 19.1. The van der Waals surface area contributed by atoms with Gasteiger partial charge in [-0.2, -0.15) is 0 Å². The van der Waals surface area contributed by atoms with Gasteiger partial charge >= 0.3 is 0 Å². The molecule has 1 aromatic heterocycles. The smallest absolute Gasteiger partial charge is 0.223 e. The molecule has 0 aliphatic carbocycles. The highest BCUT2D eigenvalue weighted by Gasteiger charge is 2.09. The Morgan fingerprint density at radius 2 is 1.86 bits per heavy atom. The molecular formula is C16H19FN2O2. The summed E-state index contributed by atoms with van der Waals surface area (Å²) >= 11 is 0. The molecule has 0 fully saturated rings. The van der Waals surface area contributed by atoms with Gasteiger partial charge in [-0.3, -0.25) is 0 Å². The van der Waals surface area contributed by atoms with E-state index in [-0.39, 0.29) is 5.82 Å². The van der Waals surface area contributed by atoms with E-state index in [9.17, 15) is 4.39 Å². The summed E-state index contributed by atoms with van der Waals surface area (Å²) in [5, 5.41) is 3.23. The molecule has 0 atom stereocenters. The third-order valence-electron chi connectivity index (χ3n) is 2.87. The molecule has 0 aliphatic rings. The summed E-state index contributed by atoms with van der Waals surface area (Å²) in [5.74, 6) is 1.39. The van der Waals surface area contributed by atoms with E-state index in [1.165, 1.54) is 6.07 Å². The quantitative estimate of drug-likeness (QED) is 0.884. The van der Waals surface area contributed by atoms with Crippen LogP contribution in [0.1, 0.15) is 19.4 Å². The van der Waals surface area contributed by atoms with Gasteiger partial charge in [-0.1, -0.05) is 13.8 Å². The molecule has 112 valence electrons. The maximum Gasteiger partial charge on any atom is 0.223 e. The number of hydrogen-bond donors (Lipinski definition) is 1. The lowest BCUT2D eigenvalue weighted by molar-refractivity contribution is 0.411. The Hall–Kier alpha value is -2.14. The first-order valence-electron chi connectivity index (χ1n) is 6.78. The van der Waals surface area contributed by atoms with E-state index >= 15 is 0 Å². The molecule has 0 saturated carbocycles. The summed E-state index contributed by atoms with van der Waals surface area (Å²) < 4.78 is 24.2. The minimum atomic E-state index is -0.377. The standard InChI is InChI=1S/C16H19FN2O2/c1-11(2)18-9-12-8-13(17)10-19-16(12)21-15-6-4-14(20-3)5-7-15/h4-8,10-11,18H,9H2,1-3H3. The number of rotatable bonds is 6. The highest BCUT2D eigenvalue weighted by Crippen LogP contribution is 2.25. The van der Waals surface area contributed by atoms with E-state index in [1.807, 2.05) is 13.8 Å². The summed E-state index contributed by atoms with van der Waals surface area (Å²) in [6.07, 6.45) is 1.15. The van der Waals surface area contributed by atoms with Crippen LogP contribution in [0.25, 0.3) is 0 Å². The summed E-state index contributed by atoms with van der Waals surface area (Å²) in [5.41, 5.74) is 0.680. The largest absolute Gasteiger partial charge is 0.497 e. The first-order chi connectivity index (χ1) is 10.1. The maximum atomic E-state index is 13.3. The molecule has 0 saturated heterocycles. The minimum Gasteiger partial charge on any atom is -0.497 e. The second-order valence-corrected chi connectivity index (χ2v) is 4.93. The second kappa shape index (κ2) is 7.04.